The second kappa shape index (κ2) is 10.8. The van der Waals surface area contributed by atoms with Gasteiger partial charge in [0.25, 0.3) is 0 Å². The van der Waals surface area contributed by atoms with Gasteiger partial charge in [0.05, 0.1) is 6.61 Å². The molecule has 0 aliphatic rings. The number of carbonyl (C=O) groups is 2. The molecule has 0 aromatic rings. The van der Waals surface area contributed by atoms with E-state index in [4.69, 9.17) is 5.11 Å². The van der Waals surface area contributed by atoms with Crippen molar-refractivity contribution in [1.29, 1.82) is 0 Å². The van der Waals surface area contributed by atoms with Crippen molar-refractivity contribution in [2.75, 3.05) is 6.61 Å². The number of ether oxygens (including phenoxy) is 1. The minimum atomic E-state index is -0.935. The van der Waals surface area contributed by atoms with E-state index < -0.39 is 5.97 Å². The van der Waals surface area contributed by atoms with Crippen molar-refractivity contribution < 1.29 is 19.4 Å². The summed E-state index contributed by atoms with van der Waals surface area (Å²) in [6, 6.07) is 0. The third-order valence-corrected chi connectivity index (χ3v) is 0.989. The molecule has 4 nitrogen and oxygen atoms in total. The molecule has 0 saturated heterocycles. The fourth-order valence-electron chi connectivity index (χ4n) is 0.254. The van der Waals surface area contributed by atoms with E-state index >= 15 is 0 Å². The van der Waals surface area contributed by atoms with Crippen LogP contribution in [0.15, 0.2) is 24.3 Å². The molecular formula is C10H17ClO4. The molecule has 0 bridgehead atoms. The number of aliphatic carboxylic acids is 1. The van der Waals surface area contributed by atoms with E-state index in [2.05, 4.69) is 17.9 Å². The van der Waals surface area contributed by atoms with E-state index in [-0.39, 0.29) is 23.9 Å². The van der Waals surface area contributed by atoms with Crippen LogP contribution < -0.4 is 0 Å². The minimum Gasteiger partial charge on any atom is -0.478 e. The summed E-state index contributed by atoms with van der Waals surface area (Å²) in [5, 5.41) is 7.89. The molecule has 0 unspecified atom stereocenters. The highest BCUT2D eigenvalue weighted by Gasteiger charge is 1.98. The van der Waals surface area contributed by atoms with Crippen molar-refractivity contribution in [3.8, 4) is 0 Å². The van der Waals surface area contributed by atoms with Crippen molar-refractivity contribution in [3.63, 3.8) is 0 Å². The van der Waals surface area contributed by atoms with Crippen molar-refractivity contribution in [2.24, 2.45) is 0 Å². The molecule has 0 atom stereocenters. The molecule has 0 rings (SSSR count). The highest BCUT2D eigenvalue weighted by molar-refractivity contribution is 5.86. The molecule has 0 heterocycles. The third kappa shape index (κ3) is 15.5. The zero-order valence-electron chi connectivity index (χ0n) is 9.20. The van der Waals surface area contributed by atoms with Gasteiger partial charge in [-0.15, -0.1) is 12.4 Å². The molecule has 0 spiro atoms. The third-order valence-electron chi connectivity index (χ3n) is 0.989. The van der Waals surface area contributed by atoms with Gasteiger partial charge in [-0.2, -0.15) is 0 Å². The van der Waals surface area contributed by atoms with Crippen molar-refractivity contribution in [1.82, 2.24) is 0 Å². The average Bonchev–Trinajstić information content (AvgIpc) is 2.05. The Kier molecular flexibility index (Phi) is 13.9. The first-order chi connectivity index (χ1) is 6.32. The maximum absolute atomic E-state index is 10.4. The minimum absolute atomic E-state index is 0. The number of rotatable bonds is 3. The molecule has 0 aromatic carbocycles. The monoisotopic (exact) mass is 236 g/mol. The summed E-state index contributed by atoms with van der Waals surface area (Å²) >= 11 is 0. The molecule has 0 fully saturated rings. The maximum atomic E-state index is 10.4. The molecular weight excluding hydrogens is 220 g/mol. The van der Waals surface area contributed by atoms with E-state index in [0.29, 0.717) is 12.2 Å². The van der Waals surface area contributed by atoms with Crippen LogP contribution in [0.5, 0.6) is 0 Å². The zero-order valence-corrected chi connectivity index (χ0v) is 10.0. The summed E-state index contributed by atoms with van der Waals surface area (Å²) < 4.78 is 4.56. The Bertz CT molecular complexity index is 234. The van der Waals surface area contributed by atoms with E-state index in [1.165, 1.54) is 6.92 Å². The Morgan fingerprint density at radius 1 is 1.20 bits per heavy atom. The van der Waals surface area contributed by atoms with Gasteiger partial charge in [-0.25, -0.2) is 9.59 Å². The van der Waals surface area contributed by atoms with Gasteiger partial charge in [0.1, 0.15) is 0 Å². The number of halogens is 1. The van der Waals surface area contributed by atoms with Crippen LogP contribution in [0.25, 0.3) is 0 Å². The molecule has 5 heteroatoms. The molecule has 15 heavy (non-hydrogen) atoms. The van der Waals surface area contributed by atoms with Crippen LogP contribution in [-0.2, 0) is 14.3 Å². The van der Waals surface area contributed by atoms with Gasteiger partial charge in [-0.3, -0.25) is 0 Å². The number of esters is 1. The summed E-state index contributed by atoms with van der Waals surface area (Å²) in [5.74, 6) is -1.25. The summed E-state index contributed by atoms with van der Waals surface area (Å²) in [6.07, 6.45) is 0. The Morgan fingerprint density at radius 3 is 1.60 bits per heavy atom. The summed E-state index contributed by atoms with van der Waals surface area (Å²) in [5.41, 5.74) is 0.627. The average molecular weight is 237 g/mol. The Balaban J connectivity index is -0.000000187. The van der Waals surface area contributed by atoms with Crippen molar-refractivity contribution in [2.45, 2.75) is 20.8 Å². The normalized spacial score (nSPS) is 7.40. The van der Waals surface area contributed by atoms with Crippen LogP contribution in [0.1, 0.15) is 20.8 Å². The smallest absolute Gasteiger partial charge is 0.333 e. The second-order valence-electron chi connectivity index (χ2n) is 2.59. The van der Waals surface area contributed by atoms with Crippen LogP contribution in [0.2, 0.25) is 0 Å². The molecule has 88 valence electrons. The van der Waals surface area contributed by atoms with E-state index in [0.717, 1.165) is 0 Å². The van der Waals surface area contributed by atoms with Crippen LogP contribution in [0.3, 0.4) is 0 Å². The maximum Gasteiger partial charge on any atom is 0.333 e. The second-order valence-corrected chi connectivity index (χ2v) is 2.59. The number of hydrogen-bond donors (Lipinski definition) is 1. The van der Waals surface area contributed by atoms with Gasteiger partial charge < -0.3 is 9.84 Å². The lowest BCUT2D eigenvalue weighted by atomic mass is 10.4. The largest absolute Gasteiger partial charge is 0.478 e. The van der Waals surface area contributed by atoms with Gasteiger partial charge in [-0.1, -0.05) is 13.2 Å². The molecule has 0 radical (unpaired) electrons. The lowest BCUT2D eigenvalue weighted by Gasteiger charge is -1.96. The first-order valence-corrected chi connectivity index (χ1v) is 4.04. The molecule has 0 amide bonds. The number of hydrogen-bond acceptors (Lipinski definition) is 3. The lowest BCUT2D eigenvalue weighted by molar-refractivity contribution is -0.138. The standard InChI is InChI=1S/C6H10O2.C4H6O2.ClH/c1-4-8-6(7)5(2)3;1-3(2)4(5)6;/h2,4H2,1,3H3;1H2,2H3,(H,5,6);1H. The van der Waals surface area contributed by atoms with Crippen LogP contribution in [-0.4, -0.2) is 23.7 Å². The molecule has 0 aliphatic heterocycles. The highest BCUT2D eigenvalue weighted by Crippen LogP contribution is 1.89. The summed E-state index contributed by atoms with van der Waals surface area (Å²) in [4.78, 5) is 20.0. The quantitative estimate of drug-likeness (QED) is 0.603. The predicted molar refractivity (Wildman–Crippen MR) is 61.1 cm³/mol. The van der Waals surface area contributed by atoms with Crippen molar-refractivity contribution in [3.05, 3.63) is 24.3 Å². The molecule has 0 saturated carbocycles. The fraction of sp³-hybridized carbons (Fsp3) is 0.400. The first kappa shape index (κ1) is 19.3. The molecule has 1 N–H and O–H groups in total. The fourth-order valence-corrected chi connectivity index (χ4v) is 0.254. The van der Waals surface area contributed by atoms with Crippen LogP contribution in [0.4, 0.5) is 0 Å². The molecule has 0 aromatic heterocycles. The SMILES string of the molecule is C=C(C)C(=O)O.C=C(C)C(=O)OCC.Cl. The van der Waals surface area contributed by atoms with Gasteiger partial charge in [0.2, 0.25) is 0 Å². The van der Waals surface area contributed by atoms with Crippen molar-refractivity contribution >= 4 is 24.3 Å². The zero-order chi connectivity index (χ0) is 11.7. The topological polar surface area (TPSA) is 63.6 Å². The van der Waals surface area contributed by atoms with Gasteiger partial charge in [0, 0.05) is 11.1 Å². The summed E-state index contributed by atoms with van der Waals surface area (Å²) in [6.45, 7) is 11.8. The predicted octanol–water partition coefficient (Wildman–Crippen LogP) is 2.19. The van der Waals surface area contributed by atoms with E-state index in [1.54, 1.807) is 13.8 Å². The highest BCUT2D eigenvalue weighted by atomic mass is 35.5. The van der Waals surface area contributed by atoms with Gasteiger partial charge in [-0.05, 0) is 20.8 Å². The molecule has 0 aliphatic carbocycles. The first-order valence-electron chi connectivity index (χ1n) is 4.04. The van der Waals surface area contributed by atoms with Gasteiger partial charge >= 0.3 is 11.9 Å². The lowest BCUT2D eigenvalue weighted by Crippen LogP contribution is -2.03. The van der Waals surface area contributed by atoms with E-state index in [9.17, 15) is 9.59 Å². The number of carboxylic acid groups (broad SMARTS) is 1. The summed E-state index contributed by atoms with van der Waals surface area (Å²) in [7, 11) is 0. The number of carboxylic acids is 1. The Morgan fingerprint density at radius 2 is 1.53 bits per heavy atom. The van der Waals surface area contributed by atoms with Gasteiger partial charge in [0.15, 0.2) is 0 Å². The van der Waals surface area contributed by atoms with Crippen LogP contribution in [0, 0.1) is 0 Å². The van der Waals surface area contributed by atoms with Crippen LogP contribution >= 0.6 is 12.4 Å². The van der Waals surface area contributed by atoms with E-state index in [1.807, 2.05) is 0 Å². The Hall–Kier alpha value is -1.29. The number of carbonyl (C=O) groups excluding carboxylic acids is 1. The Labute approximate surface area is 96.0 Å².